The molecule has 0 spiro atoms. The monoisotopic (exact) mass is 407 g/mol. The Balaban J connectivity index is 1.54. The number of nitrogens with zero attached hydrogens (tertiary/aromatic N) is 4. The van der Waals surface area contributed by atoms with Crippen molar-refractivity contribution in [3.63, 3.8) is 0 Å². The molecule has 0 aliphatic carbocycles. The third-order valence-electron chi connectivity index (χ3n) is 6.41. The number of rotatable bonds is 4. The minimum Gasteiger partial charge on any atom is -0.356 e. The van der Waals surface area contributed by atoms with Gasteiger partial charge in [-0.25, -0.2) is 0 Å². The van der Waals surface area contributed by atoms with Gasteiger partial charge in [-0.05, 0) is 61.7 Å². The molecule has 0 aromatic carbocycles. The summed E-state index contributed by atoms with van der Waals surface area (Å²) in [5, 5.41) is 3.22. The van der Waals surface area contributed by atoms with E-state index in [1.165, 1.54) is 30.4 Å². The molecule has 0 radical (unpaired) electrons. The Morgan fingerprint density at radius 1 is 0.933 bits per heavy atom. The molecule has 2 fully saturated rings. The van der Waals surface area contributed by atoms with E-state index in [4.69, 9.17) is 0 Å². The number of carbonyl (C=O) groups is 1. The lowest BCUT2D eigenvalue weighted by molar-refractivity contribution is -0.129. The third kappa shape index (κ3) is 5.64. The molecule has 2 unspecified atom stereocenters. The van der Waals surface area contributed by atoms with Crippen LogP contribution in [0.2, 0.25) is 0 Å². The molecule has 2 aromatic heterocycles. The fourth-order valence-corrected chi connectivity index (χ4v) is 4.79. The second-order valence-electron chi connectivity index (χ2n) is 8.59. The summed E-state index contributed by atoms with van der Waals surface area (Å²) in [5.74, 6) is 0.290. The summed E-state index contributed by atoms with van der Waals surface area (Å²) in [6.07, 6.45) is 13.1. The van der Waals surface area contributed by atoms with Gasteiger partial charge in [-0.2, -0.15) is 0 Å². The first-order chi connectivity index (χ1) is 14.8. The van der Waals surface area contributed by atoms with E-state index in [0.29, 0.717) is 0 Å². The molecule has 1 amide bonds. The molecular formula is C24H33N5O. The molecule has 2 aromatic rings. The molecule has 6 nitrogen and oxygen atoms in total. The van der Waals surface area contributed by atoms with Gasteiger partial charge in [-0.3, -0.25) is 24.6 Å². The lowest BCUT2D eigenvalue weighted by atomic mass is 9.88. The minimum atomic E-state index is 0.0510. The maximum absolute atomic E-state index is 13.1. The van der Waals surface area contributed by atoms with Gasteiger partial charge < -0.3 is 5.32 Å². The number of carbonyl (C=O) groups excluding carboxylic acids is 1. The van der Waals surface area contributed by atoms with E-state index in [1.807, 2.05) is 30.9 Å². The van der Waals surface area contributed by atoms with Gasteiger partial charge in [0.1, 0.15) is 0 Å². The van der Waals surface area contributed by atoms with Gasteiger partial charge >= 0.3 is 0 Å². The second-order valence-corrected chi connectivity index (χ2v) is 8.59. The van der Waals surface area contributed by atoms with Crippen molar-refractivity contribution >= 4 is 5.91 Å². The summed E-state index contributed by atoms with van der Waals surface area (Å²) < 4.78 is 0. The van der Waals surface area contributed by atoms with Crippen LogP contribution in [0.3, 0.4) is 0 Å². The fraction of sp³-hybridized carbons (Fsp3) is 0.542. The molecule has 4 heterocycles. The number of amides is 1. The predicted octanol–water partition coefficient (Wildman–Crippen LogP) is 2.86. The first-order valence-corrected chi connectivity index (χ1v) is 11.3. The molecular weight excluding hydrogens is 374 g/mol. The van der Waals surface area contributed by atoms with Crippen LogP contribution in [-0.4, -0.2) is 57.9 Å². The first-order valence-electron chi connectivity index (χ1n) is 11.3. The molecule has 4 rings (SSSR count). The van der Waals surface area contributed by atoms with Crippen molar-refractivity contribution in [3.8, 4) is 0 Å². The average molecular weight is 408 g/mol. The van der Waals surface area contributed by atoms with Crippen molar-refractivity contribution in [2.24, 2.45) is 5.92 Å². The van der Waals surface area contributed by atoms with E-state index in [0.717, 1.165) is 52.1 Å². The van der Waals surface area contributed by atoms with Crippen LogP contribution in [0.4, 0.5) is 0 Å². The Morgan fingerprint density at radius 2 is 1.80 bits per heavy atom. The molecule has 2 atom stereocenters. The summed E-state index contributed by atoms with van der Waals surface area (Å²) in [5.41, 5.74) is 2.50. The Hall–Kier alpha value is -2.31. The number of fused-ring (bicyclic) bond motifs is 1. The van der Waals surface area contributed by atoms with Crippen molar-refractivity contribution < 1.29 is 4.79 Å². The Morgan fingerprint density at radius 3 is 2.63 bits per heavy atom. The maximum atomic E-state index is 13.1. The van der Waals surface area contributed by atoms with Crippen LogP contribution in [0.5, 0.6) is 0 Å². The summed E-state index contributed by atoms with van der Waals surface area (Å²) in [6, 6.07) is 8.55. The Labute approximate surface area is 179 Å². The number of aromatic nitrogens is 2. The van der Waals surface area contributed by atoms with Crippen LogP contribution >= 0.6 is 0 Å². The number of pyridine rings is 2. The molecule has 2 aliphatic rings. The molecule has 0 bridgehead atoms. The lowest BCUT2D eigenvalue weighted by Crippen LogP contribution is -2.56. The molecule has 30 heavy (non-hydrogen) atoms. The molecule has 2 aliphatic heterocycles. The molecule has 6 heteroatoms. The van der Waals surface area contributed by atoms with Gasteiger partial charge in [-0.15, -0.1) is 0 Å². The Kier molecular flexibility index (Phi) is 7.43. The maximum Gasteiger partial charge on any atom is 0.224 e. The van der Waals surface area contributed by atoms with Gasteiger partial charge in [-0.1, -0.05) is 18.9 Å². The molecule has 1 N–H and O–H groups in total. The number of hydrogen-bond donors (Lipinski definition) is 1. The predicted molar refractivity (Wildman–Crippen MR) is 118 cm³/mol. The van der Waals surface area contributed by atoms with Crippen molar-refractivity contribution in [1.29, 1.82) is 0 Å². The first kappa shape index (κ1) is 20.9. The van der Waals surface area contributed by atoms with Crippen LogP contribution in [0.25, 0.3) is 0 Å². The fourth-order valence-electron chi connectivity index (χ4n) is 4.79. The highest BCUT2D eigenvalue weighted by molar-refractivity contribution is 5.79. The van der Waals surface area contributed by atoms with E-state index < -0.39 is 0 Å². The van der Waals surface area contributed by atoms with Crippen molar-refractivity contribution in [1.82, 2.24) is 25.1 Å². The summed E-state index contributed by atoms with van der Waals surface area (Å²) in [4.78, 5) is 26.5. The van der Waals surface area contributed by atoms with Crippen LogP contribution < -0.4 is 5.32 Å². The zero-order valence-corrected chi connectivity index (χ0v) is 17.7. The lowest BCUT2D eigenvalue weighted by Gasteiger charge is -2.43. The molecule has 2 saturated heterocycles. The number of likely N-dealkylation sites (tertiary alicyclic amines) is 1. The average Bonchev–Trinajstić information content (AvgIpc) is 2.81. The van der Waals surface area contributed by atoms with Crippen molar-refractivity contribution in [3.05, 3.63) is 60.2 Å². The van der Waals surface area contributed by atoms with Crippen molar-refractivity contribution in [2.45, 2.75) is 51.2 Å². The van der Waals surface area contributed by atoms with E-state index in [1.54, 1.807) is 0 Å². The van der Waals surface area contributed by atoms with Gasteiger partial charge in [0.05, 0.1) is 5.92 Å². The topological polar surface area (TPSA) is 61.4 Å². The highest BCUT2D eigenvalue weighted by Gasteiger charge is 2.37. The third-order valence-corrected chi connectivity index (χ3v) is 6.41. The zero-order chi connectivity index (χ0) is 20.6. The van der Waals surface area contributed by atoms with Gasteiger partial charge in [0.15, 0.2) is 0 Å². The second kappa shape index (κ2) is 10.6. The van der Waals surface area contributed by atoms with E-state index in [9.17, 15) is 4.79 Å². The summed E-state index contributed by atoms with van der Waals surface area (Å²) >= 11 is 0. The van der Waals surface area contributed by atoms with Crippen LogP contribution in [0.1, 0.15) is 43.2 Å². The van der Waals surface area contributed by atoms with Gasteiger partial charge in [0, 0.05) is 57.0 Å². The van der Waals surface area contributed by atoms with Crippen LogP contribution in [-0.2, 0) is 17.9 Å². The van der Waals surface area contributed by atoms with E-state index in [-0.39, 0.29) is 17.9 Å². The van der Waals surface area contributed by atoms with E-state index in [2.05, 4.69) is 43.3 Å². The normalized spacial score (nSPS) is 24.5. The number of hydrogen-bond acceptors (Lipinski definition) is 5. The van der Waals surface area contributed by atoms with Crippen LogP contribution in [0, 0.1) is 5.92 Å². The summed E-state index contributed by atoms with van der Waals surface area (Å²) in [6.45, 7) is 5.48. The minimum absolute atomic E-state index is 0.0510. The molecule has 160 valence electrons. The van der Waals surface area contributed by atoms with Gasteiger partial charge in [0.25, 0.3) is 0 Å². The van der Waals surface area contributed by atoms with Gasteiger partial charge in [0.2, 0.25) is 5.91 Å². The quantitative estimate of drug-likeness (QED) is 0.845. The van der Waals surface area contributed by atoms with Crippen LogP contribution in [0.15, 0.2) is 49.1 Å². The largest absolute Gasteiger partial charge is 0.356 e. The number of piperidine rings is 1. The number of nitrogens with one attached hydrogen (secondary N) is 1. The van der Waals surface area contributed by atoms with Crippen molar-refractivity contribution in [2.75, 3.05) is 26.2 Å². The SMILES string of the molecule is O=C1NCCCCCCN(Cc2ccncc2)C2CN(Cc3cccnc3)CCC12. The Bertz CT molecular complexity index is 785. The smallest absolute Gasteiger partial charge is 0.224 e. The highest BCUT2D eigenvalue weighted by Crippen LogP contribution is 2.26. The van der Waals surface area contributed by atoms with E-state index >= 15 is 0 Å². The molecule has 0 saturated carbocycles. The zero-order valence-electron chi connectivity index (χ0n) is 17.7. The summed E-state index contributed by atoms with van der Waals surface area (Å²) in [7, 11) is 0. The standard InChI is InChI=1S/C24H33N5O/c30-24-22-9-15-28(17-21-6-5-10-26-16-21)19-23(22)29(14-4-2-1-3-11-27-24)18-20-7-12-25-13-8-20/h5-8,10,12-13,16,22-23H,1-4,9,11,14-15,17-19H2,(H,27,30). The highest BCUT2D eigenvalue weighted by atomic mass is 16.1.